The number of aliphatic imine (C=N–C) groups is 1. The van der Waals surface area contributed by atoms with Crippen molar-refractivity contribution in [3.05, 3.63) is 35.8 Å². The molecule has 0 fully saturated rings. The topological polar surface area (TPSA) is 109 Å². The maximum absolute atomic E-state index is 11.9. The maximum Gasteiger partial charge on any atom is 0.287 e. The van der Waals surface area contributed by atoms with Gasteiger partial charge in [0.05, 0.1) is 6.26 Å². The molecule has 0 aliphatic heterocycles. The predicted octanol–water partition coefficient (Wildman–Crippen LogP) is 1.21. The number of furan rings is 1. The molecule has 0 atom stereocenters. The summed E-state index contributed by atoms with van der Waals surface area (Å²) in [7, 11) is 1.83. The number of aryl methyl sites for hydroxylation is 2. The minimum absolute atomic E-state index is 0. The van der Waals surface area contributed by atoms with Gasteiger partial charge in [-0.2, -0.15) is 5.10 Å². The number of carbonyl (C=O) groups excluding carboxylic acids is 1. The average molecular weight is 475 g/mol. The lowest BCUT2D eigenvalue weighted by molar-refractivity contribution is 0.0925. The van der Waals surface area contributed by atoms with Crippen LogP contribution in [0.15, 0.2) is 28.1 Å². The Morgan fingerprint density at radius 2 is 2.08 bits per heavy atom. The van der Waals surface area contributed by atoms with Gasteiger partial charge in [-0.05, 0) is 26.3 Å². The summed E-state index contributed by atoms with van der Waals surface area (Å²) in [4.78, 5) is 20.5. The molecule has 9 nitrogen and oxygen atoms in total. The van der Waals surface area contributed by atoms with Crippen LogP contribution in [0.2, 0.25) is 0 Å². The molecule has 3 N–H and O–H groups in total. The Morgan fingerprint density at radius 3 is 2.69 bits per heavy atom. The van der Waals surface area contributed by atoms with E-state index in [9.17, 15) is 4.79 Å². The second kappa shape index (κ2) is 11.5. The van der Waals surface area contributed by atoms with Crippen molar-refractivity contribution in [2.75, 3.05) is 19.6 Å². The normalized spacial score (nSPS) is 11.0. The molecule has 0 saturated carbocycles. The zero-order chi connectivity index (χ0) is 18.1. The first-order valence-corrected chi connectivity index (χ1v) is 8.29. The highest BCUT2D eigenvalue weighted by molar-refractivity contribution is 14.0. The van der Waals surface area contributed by atoms with Crippen LogP contribution in [-0.2, 0) is 13.6 Å². The Hall–Kier alpha value is -2.11. The summed E-state index contributed by atoms with van der Waals surface area (Å²) in [6.07, 6.45) is 3.79. The van der Waals surface area contributed by atoms with Crippen LogP contribution in [0.3, 0.4) is 0 Å². The number of halogens is 1. The van der Waals surface area contributed by atoms with E-state index in [-0.39, 0.29) is 29.9 Å². The highest BCUT2D eigenvalue weighted by atomic mass is 127. The van der Waals surface area contributed by atoms with Gasteiger partial charge in [0.15, 0.2) is 11.7 Å². The Morgan fingerprint density at radius 1 is 1.31 bits per heavy atom. The standard InChI is InChI=1S/C16H25N7O2.HI/c1-4-17-16(20-10-13-21-11-22-23(13)3)19-8-5-7-18-15(24)14-12(2)6-9-25-14;/h6,9,11H,4-5,7-8,10H2,1-3H3,(H,18,24)(H2,17,19,20);1H. The quantitative estimate of drug-likeness (QED) is 0.229. The van der Waals surface area contributed by atoms with Gasteiger partial charge in [-0.15, -0.1) is 24.0 Å². The zero-order valence-corrected chi connectivity index (χ0v) is 17.6. The molecule has 0 spiro atoms. The van der Waals surface area contributed by atoms with Gasteiger partial charge in [-0.25, -0.2) is 9.98 Å². The van der Waals surface area contributed by atoms with Gasteiger partial charge in [0.2, 0.25) is 0 Å². The molecular formula is C16H26IN7O2. The first kappa shape index (κ1) is 21.9. The van der Waals surface area contributed by atoms with Gasteiger partial charge in [-0.1, -0.05) is 0 Å². The average Bonchev–Trinajstić information content (AvgIpc) is 3.20. The van der Waals surface area contributed by atoms with Crippen LogP contribution in [0.1, 0.15) is 35.3 Å². The van der Waals surface area contributed by atoms with Crippen LogP contribution in [0.4, 0.5) is 0 Å². The summed E-state index contributed by atoms with van der Waals surface area (Å²) in [5.41, 5.74) is 0.834. The van der Waals surface area contributed by atoms with E-state index in [0.29, 0.717) is 31.4 Å². The van der Waals surface area contributed by atoms with E-state index < -0.39 is 0 Å². The molecule has 0 aromatic carbocycles. The molecule has 2 aromatic heterocycles. The first-order chi connectivity index (χ1) is 12.1. The Labute approximate surface area is 170 Å². The number of nitrogens with zero attached hydrogens (tertiary/aromatic N) is 4. The fourth-order valence-electron chi connectivity index (χ4n) is 2.14. The van der Waals surface area contributed by atoms with Crippen molar-refractivity contribution < 1.29 is 9.21 Å². The number of nitrogens with one attached hydrogen (secondary N) is 3. The largest absolute Gasteiger partial charge is 0.459 e. The van der Waals surface area contributed by atoms with E-state index in [1.165, 1.54) is 12.6 Å². The summed E-state index contributed by atoms with van der Waals surface area (Å²) in [5.74, 6) is 1.67. The van der Waals surface area contributed by atoms with Crippen LogP contribution < -0.4 is 16.0 Å². The van der Waals surface area contributed by atoms with Crippen molar-refractivity contribution in [2.24, 2.45) is 12.0 Å². The second-order valence-corrected chi connectivity index (χ2v) is 5.46. The lowest BCUT2D eigenvalue weighted by Gasteiger charge is -2.11. The SMILES string of the molecule is CCNC(=NCc1ncnn1C)NCCCNC(=O)c1occc1C.I. The van der Waals surface area contributed by atoms with Gasteiger partial charge in [0, 0.05) is 32.2 Å². The molecule has 2 aromatic rings. The number of rotatable bonds is 8. The van der Waals surface area contributed by atoms with Crippen molar-refractivity contribution in [1.29, 1.82) is 0 Å². The monoisotopic (exact) mass is 475 g/mol. The van der Waals surface area contributed by atoms with Crippen LogP contribution in [0, 0.1) is 6.92 Å². The fraction of sp³-hybridized carbons (Fsp3) is 0.500. The van der Waals surface area contributed by atoms with Crippen molar-refractivity contribution >= 4 is 35.8 Å². The lowest BCUT2D eigenvalue weighted by Crippen LogP contribution is -2.38. The van der Waals surface area contributed by atoms with Crippen LogP contribution in [-0.4, -0.2) is 46.3 Å². The number of carbonyl (C=O) groups is 1. The van der Waals surface area contributed by atoms with E-state index in [2.05, 4.69) is 31.0 Å². The molecule has 26 heavy (non-hydrogen) atoms. The third kappa shape index (κ3) is 6.65. The number of hydrogen-bond donors (Lipinski definition) is 3. The lowest BCUT2D eigenvalue weighted by atomic mass is 10.2. The Bertz CT molecular complexity index is 711. The van der Waals surface area contributed by atoms with Gasteiger partial charge in [0.1, 0.15) is 18.7 Å². The van der Waals surface area contributed by atoms with Gasteiger partial charge in [0.25, 0.3) is 5.91 Å². The van der Waals surface area contributed by atoms with E-state index >= 15 is 0 Å². The molecule has 144 valence electrons. The van der Waals surface area contributed by atoms with Crippen molar-refractivity contribution in [2.45, 2.75) is 26.8 Å². The fourth-order valence-corrected chi connectivity index (χ4v) is 2.14. The van der Waals surface area contributed by atoms with Gasteiger partial charge in [-0.3, -0.25) is 9.48 Å². The molecule has 1 amide bonds. The molecule has 0 aliphatic carbocycles. The third-order valence-electron chi connectivity index (χ3n) is 3.53. The Balaban J connectivity index is 0.00000338. The van der Waals surface area contributed by atoms with E-state index in [1.54, 1.807) is 10.7 Å². The first-order valence-electron chi connectivity index (χ1n) is 8.29. The van der Waals surface area contributed by atoms with E-state index in [4.69, 9.17) is 4.42 Å². The summed E-state index contributed by atoms with van der Waals surface area (Å²) >= 11 is 0. The van der Waals surface area contributed by atoms with Gasteiger partial charge < -0.3 is 20.4 Å². The van der Waals surface area contributed by atoms with Gasteiger partial charge >= 0.3 is 0 Å². The van der Waals surface area contributed by atoms with Crippen molar-refractivity contribution in [3.8, 4) is 0 Å². The molecule has 0 radical (unpaired) electrons. The molecule has 2 heterocycles. The zero-order valence-electron chi connectivity index (χ0n) is 15.3. The summed E-state index contributed by atoms with van der Waals surface area (Å²) in [6, 6.07) is 1.77. The molecule has 0 bridgehead atoms. The van der Waals surface area contributed by atoms with Crippen LogP contribution >= 0.6 is 24.0 Å². The maximum atomic E-state index is 11.9. The second-order valence-electron chi connectivity index (χ2n) is 5.46. The minimum atomic E-state index is -0.189. The number of guanidine groups is 1. The predicted molar refractivity (Wildman–Crippen MR) is 110 cm³/mol. The molecule has 0 saturated heterocycles. The molecule has 10 heteroatoms. The third-order valence-corrected chi connectivity index (χ3v) is 3.53. The van der Waals surface area contributed by atoms with Crippen LogP contribution in [0.5, 0.6) is 0 Å². The summed E-state index contributed by atoms with van der Waals surface area (Å²) in [6.45, 7) is 6.29. The highest BCUT2D eigenvalue weighted by Crippen LogP contribution is 2.07. The summed E-state index contributed by atoms with van der Waals surface area (Å²) < 4.78 is 6.85. The summed E-state index contributed by atoms with van der Waals surface area (Å²) in [5, 5.41) is 13.3. The van der Waals surface area contributed by atoms with Crippen molar-refractivity contribution in [3.63, 3.8) is 0 Å². The Kier molecular flexibility index (Phi) is 9.70. The van der Waals surface area contributed by atoms with E-state index in [1.807, 2.05) is 20.9 Å². The number of amides is 1. The molecule has 0 unspecified atom stereocenters. The molecular weight excluding hydrogens is 449 g/mol. The number of aromatic nitrogens is 3. The van der Waals surface area contributed by atoms with E-state index in [0.717, 1.165) is 24.4 Å². The molecule has 2 rings (SSSR count). The van der Waals surface area contributed by atoms with Crippen LogP contribution in [0.25, 0.3) is 0 Å². The van der Waals surface area contributed by atoms with Crippen molar-refractivity contribution in [1.82, 2.24) is 30.7 Å². The smallest absolute Gasteiger partial charge is 0.287 e. The molecule has 0 aliphatic rings. The number of hydrogen-bond acceptors (Lipinski definition) is 5. The highest BCUT2D eigenvalue weighted by Gasteiger charge is 2.11. The minimum Gasteiger partial charge on any atom is -0.459 e.